The Bertz CT molecular complexity index is 1290. The molecule has 0 heterocycles. The molecule has 0 saturated heterocycles. The second-order valence-electron chi connectivity index (χ2n) is 9.55. The third-order valence-corrected chi connectivity index (χ3v) is 6.67. The lowest BCUT2D eigenvalue weighted by Gasteiger charge is -2.36. The van der Waals surface area contributed by atoms with Crippen molar-refractivity contribution in [3.8, 4) is 22.6 Å². The highest BCUT2D eigenvalue weighted by molar-refractivity contribution is 7.43. The van der Waals surface area contributed by atoms with Crippen molar-refractivity contribution >= 4 is 31.7 Å². The number of hydrogen-bond acceptors (Lipinski definition) is 16. The van der Waals surface area contributed by atoms with Gasteiger partial charge in [0.2, 0.25) is 0 Å². The molecular weight excluding hydrogens is 605 g/mol. The van der Waals surface area contributed by atoms with Gasteiger partial charge in [-0.15, -0.1) is 0 Å². The van der Waals surface area contributed by atoms with Crippen LogP contribution in [0.15, 0.2) is 48.5 Å². The number of aliphatic carboxylic acids is 4. The van der Waals surface area contributed by atoms with Gasteiger partial charge < -0.3 is 63.2 Å². The Kier molecular flexibility index (Phi) is 14.2. The molecule has 17 heteroatoms. The molecule has 0 N–H and O–H groups in total. The summed E-state index contributed by atoms with van der Waals surface area (Å²) < 4.78 is 20.9. The van der Waals surface area contributed by atoms with E-state index >= 15 is 0 Å². The highest BCUT2D eigenvalue weighted by Crippen LogP contribution is 2.31. The number of rotatable bonds is 21. The summed E-state index contributed by atoms with van der Waals surface area (Å²) >= 11 is 0. The van der Waals surface area contributed by atoms with Crippen molar-refractivity contribution in [2.24, 2.45) is 0 Å². The largest absolute Gasteiger partial charge is 0.780 e. The second kappa shape index (κ2) is 17.3. The zero-order valence-corrected chi connectivity index (χ0v) is 24.6. The fourth-order valence-electron chi connectivity index (χ4n) is 4.22. The van der Waals surface area contributed by atoms with Gasteiger partial charge in [0.05, 0.1) is 29.9 Å². The van der Waals surface area contributed by atoms with Crippen LogP contribution in [0.2, 0.25) is 0 Å². The van der Waals surface area contributed by atoms with Crippen LogP contribution in [0, 0.1) is 0 Å². The highest BCUT2D eigenvalue weighted by Gasteiger charge is 2.24. The molecular formula is C27H30N3O13P-6. The first-order valence-corrected chi connectivity index (χ1v) is 14.6. The molecule has 0 aliphatic heterocycles. The lowest BCUT2D eigenvalue weighted by atomic mass is 10.1. The quantitative estimate of drug-likeness (QED) is 0.116. The lowest BCUT2D eigenvalue weighted by molar-refractivity contribution is -0.334. The lowest BCUT2D eigenvalue weighted by Crippen LogP contribution is -2.56. The third-order valence-electron chi connectivity index (χ3n) is 6.24. The van der Waals surface area contributed by atoms with Gasteiger partial charge >= 0.3 is 0 Å². The summed E-state index contributed by atoms with van der Waals surface area (Å²) in [5.74, 6) is -5.85. The number of carbonyl (C=O) groups excluding carboxylic acids is 4. The Morgan fingerprint density at radius 1 is 0.705 bits per heavy atom. The van der Waals surface area contributed by atoms with E-state index in [1.54, 1.807) is 31.2 Å². The van der Waals surface area contributed by atoms with E-state index in [9.17, 15) is 54.0 Å². The molecule has 2 aromatic carbocycles. The molecule has 1 unspecified atom stereocenters. The summed E-state index contributed by atoms with van der Waals surface area (Å²) in [5.41, 5.74) is 1.31. The average Bonchev–Trinajstić information content (AvgIpc) is 2.91. The van der Waals surface area contributed by atoms with E-state index in [-0.39, 0.29) is 37.7 Å². The van der Waals surface area contributed by atoms with E-state index in [0.717, 1.165) is 4.90 Å². The molecule has 44 heavy (non-hydrogen) atoms. The maximum Gasteiger partial charge on any atom is 0.124 e. The van der Waals surface area contributed by atoms with Crippen molar-refractivity contribution in [2.45, 2.75) is 13.0 Å². The average molecular weight is 636 g/mol. The Balaban J connectivity index is 2.22. The zero-order valence-electron chi connectivity index (χ0n) is 23.7. The first-order chi connectivity index (χ1) is 20.6. The van der Waals surface area contributed by atoms with E-state index in [4.69, 9.17) is 4.74 Å². The molecule has 242 valence electrons. The van der Waals surface area contributed by atoms with Crippen LogP contribution < -0.4 is 39.5 Å². The molecule has 0 saturated carbocycles. The van der Waals surface area contributed by atoms with Gasteiger partial charge in [0.15, 0.2) is 0 Å². The van der Waals surface area contributed by atoms with Gasteiger partial charge in [0, 0.05) is 45.8 Å². The van der Waals surface area contributed by atoms with Gasteiger partial charge in [-0.25, -0.2) is 0 Å². The fourth-order valence-corrected chi connectivity index (χ4v) is 4.60. The van der Waals surface area contributed by atoms with Gasteiger partial charge in [-0.05, 0) is 41.9 Å². The van der Waals surface area contributed by atoms with Crippen LogP contribution >= 0.6 is 7.82 Å². The number of phosphoric acid groups is 1. The fraction of sp³-hybridized carbons (Fsp3) is 0.407. The highest BCUT2D eigenvalue weighted by atomic mass is 31.2. The maximum absolute atomic E-state index is 11.4. The Morgan fingerprint density at radius 3 is 1.57 bits per heavy atom. The number of ether oxygens (including phenoxy) is 1. The molecule has 2 rings (SSSR count). The third kappa shape index (κ3) is 13.9. The van der Waals surface area contributed by atoms with Gasteiger partial charge in [-0.1, -0.05) is 31.2 Å². The molecule has 0 radical (unpaired) electrons. The number of carboxylic acids is 4. The van der Waals surface area contributed by atoms with Crippen molar-refractivity contribution in [1.29, 1.82) is 0 Å². The number of carbonyl (C=O) groups is 4. The number of phosphoric ester groups is 1. The van der Waals surface area contributed by atoms with E-state index in [2.05, 4.69) is 4.52 Å². The number of benzene rings is 2. The summed E-state index contributed by atoms with van der Waals surface area (Å²) in [6, 6.07) is 11.0. The minimum absolute atomic E-state index is 0.00972. The van der Waals surface area contributed by atoms with Crippen LogP contribution in [-0.4, -0.2) is 104 Å². The van der Waals surface area contributed by atoms with Crippen LogP contribution in [-0.2, 0) is 23.7 Å². The summed E-state index contributed by atoms with van der Waals surface area (Å²) in [5, 5.41) is 45.2. The number of nitrogens with zero attached hydrogens (tertiary/aromatic N) is 3. The van der Waals surface area contributed by atoms with Gasteiger partial charge in [0.25, 0.3) is 0 Å². The van der Waals surface area contributed by atoms with E-state index < -0.39 is 63.9 Å². The Morgan fingerprint density at radius 2 is 1.14 bits per heavy atom. The van der Waals surface area contributed by atoms with Crippen LogP contribution in [0.5, 0.6) is 11.5 Å². The monoisotopic (exact) mass is 635 g/mol. The molecule has 0 amide bonds. The van der Waals surface area contributed by atoms with Crippen molar-refractivity contribution in [3.05, 3.63) is 48.5 Å². The molecule has 0 fully saturated rings. The topological polar surface area (TPSA) is 252 Å². The molecule has 0 aromatic heterocycles. The van der Waals surface area contributed by atoms with Gasteiger partial charge in [0.1, 0.15) is 25.9 Å². The minimum Gasteiger partial charge on any atom is -0.780 e. The van der Waals surface area contributed by atoms with Crippen LogP contribution in [0.25, 0.3) is 11.1 Å². The first-order valence-electron chi connectivity index (χ1n) is 13.2. The summed E-state index contributed by atoms with van der Waals surface area (Å²) in [6.45, 7) is -1.06. The summed E-state index contributed by atoms with van der Waals surface area (Å²) in [7, 11) is -5.20. The molecule has 2 aromatic rings. The van der Waals surface area contributed by atoms with Gasteiger partial charge in [-0.3, -0.25) is 14.7 Å². The molecule has 0 spiro atoms. The first kappa shape index (κ1) is 36.1. The summed E-state index contributed by atoms with van der Waals surface area (Å²) in [4.78, 5) is 70.6. The molecule has 0 bridgehead atoms. The Hall–Kier alpha value is -4.05. The second-order valence-corrected chi connectivity index (χ2v) is 10.6. The van der Waals surface area contributed by atoms with Crippen LogP contribution in [0.4, 0.5) is 0 Å². The molecule has 0 aliphatic rings. The molecule has 0 aliphatic carbocycles. The normalized spacial score (nSPS) is 12.3. The standard InChI is InChI=1S/C27H36N3O13P/c1-2-28(14-24(31)32)11-12-29(15-25(33)34)13-21(30(16-26(35)36)17-27(37)38)18-42-22-7-3-19(4-8-22)20-5-9-23(10-6-20)43-44(39,40)41/h3-10,21H,2,11-18H2,1H3,(H,31,32)(H,33,34)(H,35,36)(H,37,38)(H2,39,40,41)/p-6. The molecule has 1 atom stereocenters. The maximum atomic E-state index is 11.4. The zero-order chi connectivity index (χ0) is 32.9. The SMILES string of the molecule is CCN(CCN(CC(=O)[O-])CC(COc1ccc(-c2ccc(OP(=O)([O-])[O-])cc2)cc1)N(CC(=O)[O-])CC(=O)[O-])CC(=O)[O-]. The smallest absolute Gasteiger partial charge is 0.124 e. The van der Waals surface area contributed by atoms with Crippen molar-refractivity contribution < 1.29 is 63.2 Å². The van der Waals surface area contributed by atoms with E-state index in [0.29, 0.717) is 17.7 Å². The van der Waals surface area contributed by atoms with E-state index in [1.165, 1.54) is 34.1 Å². The molecule has 16 nitrogen and oxygen atoms in total. The van der Waals surface area contributed by atoms with Crippen molar-refractivity contribution in [3.63, 3.8) is 0 Å². The van der Waals surface area contributed by atoms with Crippen molar-refractivity contribution in [1.82, 2.24) is 14.7 Å². The predicted octanol–water partition coefficient (Wildman–Crippen LogP) is -5.77. The van der Waals surface area contributed by atoms with Gasteiger partial charge in [-0.2, -0.15) is 0 Å². The van der Waals surface area contributed by atoms with Crippen molar-refractivity contribution in [2.75, 3.05) is 59.0 Å². The minimum atomic E-state index is -5.20. The number of hydrogen-bond donors (Lipinski definition) is 0. The number of likely N-dealkylation sites (N-methyl/N-ethyl adjacent to an activating group) is 1. The van der Waals surface area contributed by atoms with Crippen LogP contribution in [0.3, 0.4) is 0 Å². The number of carboxylic acid groups (broad SMARTS) is 4. The van der Waals surface area contributed by atoms with Crippen LogP contribution in [0.1, 0.15) is 6.92 Å². The summed E-state index contributed by atoms with van der Waals surface area (Å²) in [6.07, 6.45) is 0. The van der Waals surface area contributed by atoms with E-state index in [1.807, 2.05) is 0 Å². The Labute approximate surface area is 252 Å². The predicted molar refractivity (Wildman–Crippen MR) is 140 cm³/mol.